The Morgan fingerprint density at radius 3 is 2.67 bits per heavy atom. The van der Waals surface area contributed by atoms with Gasteiger partial charge >= 0.3 is 0 Å². The second kappa shape index (κ2) is 8.83. The van der Waals surface area contributed by atoms with Crippen LogP contribution in [0.25, 0.3) is 0 Å². The van der Waals surface area contributed by atoms with Crippen LogP contribution >= 0.6 is 11.8 Å². The van der Waals surface area contributed by atoms with E-state index in [1.807, 2.05) is 13.0 Å². The summed E-state index contributed by atoms with van der Waals surface area (Å²) in [6.45, 7) is 2.76. The molecule has 156 valence electrons. The zero-order chi connectivity index (χ0) is 21.1. The Hall–Kier alpha value is -2.94. The quantitative estimate of drug-likeness (QED) is 0.529. The molecule has 0 aliphatic carbocycles. The maximum Gasteiger partial charge on any atom is 0.288 e. The van der Waals surface area contributed by atoms with Gasteiger partial charge in [-0.05, 0) is 49.7 Å². The minimum absolute atomic E-state index is 0.231. The molecule has 3 aromatic rings. The van der Waals surface area contributed by atoms with Crippen molar-refractivity contribution >= 4 is 29.0 Å². The Balaban J connectivity index is 1.47. The Labute approximate surface area is 177 Å². The summed E-state index contributed by atoms with van der Waals surface area (Å²) in [5.41, 5.74) is 1.82. The summed E-state index contributed by atoms with van der Waals surface area (Å²) in [6.07, 6.45) is 1.95. The molecule has 2 N–H and O–H groups in total. The lowest BCUT2D eigenvalue weighted by Crippen LogP contribution is -2.29. The first-order valence-electron chi connectivity index (χ1n) is 9.65. The molecule has 0 saturated heterocycles. The first-order valence-corrected chi connectivity index (χ1v) is 10.5. The molecule has 0 radical (unpaired) electrons. The van der Waals surface area contributed by atoms with Gasteiger partial charge in [0.25, 0.3) is 11.7 Å². The number of carbonyl (C=O) groups is 1. The first-order chi connectivity index (χ1) is 14.5. The second-order valence-corrected chi connectivity index (χ2v) is 8.06. The van der Waals surface area contributed by atoms with Crippen molar-refractivity contribution < 1.29 is 13.6 Å². The molecular weight excluding hydrogens is 408 g/mol. The van der Waals surface area contributed by atoms with E-state index in [9.17, 15) is 13.6 Å². The molecule has 4 rings (SSSR count). The third-order valence-electron chi connectivity index (χ3n) is 4.90. The highest BCUT2D eigenvalue weighted by atomic mass is 32.2. The molecule has 0 fully saturated rings. The molecule has 0 unspecified atom stereocenters. The molecule has 30 heavy (non-hydrogen) atoms. The van der Waals surface area contributed by atoms with Crippen LogP contribution in [-0.4, -0.2) is 26.4 Å². The number of hydrogen-bond acceptors (Lipinski definition) is 5. The number of hydrogen-bond donors (Lipinski definition) is 2. The van der Waals surface area contributed by atoms with Gasteiger partial charge in [0.05, 0.1) is 17.3 Å². The van der Waals surface area contributed by atoms with E-state index in [-0.39, 0.29) is 11.9 Å². The number of nitrogens with zero attached hydrogens (tertiary/aromatic N) is 3. The van der Waals surface area contributed by atoms with Crippen LogP contribution in [0.1, 0.15) is 41.4 Å². The average Bonchev–Trinajstić information content (AvgIpc) is 3.33. The number of amides is 1. The monoisotopic (exact) mass is 429 g/mol. The molecule has 6 nitrogen and oxygen atoms in total. The molecule has 2 heterocycles. The Morgan fingerprint density at radius 1 is 1.13 bits per heavy atom. The van der Waals surface area contributed by atoms with E-state index in [1.165, 1.54) is 0 Å². The lowest BCUT2D eigenvalue weighted by Gasteiger charge is -2.16. The van der Waals surface area contributed by atoms with Crippen molar-refractivity contribution in [3.05, 3.63) is 65.7 Å². The molecular formula is C21H21F2N5OS. The standard InChI is InChI=1S/C21H21F2N5OS/c1-13(19-27-26-18-7-4-12-28(18)19)24-20(29)16-5-2-3-6-17(16)25-14-8-10-15(11-9-14)30-21(22)23/h2-3,5-6,8-11,13,21,25H,4,7,12H2,1H3,(H,24,29)/t13-/m0/s1. The highest BCUT2D eigenvalue weighted by Crippen LogP contribution is 2.28. The molecule has 2 aromatic carbocycles. The zero-order valence-corrected chi connectivity index (χ0v) is 17.1. The number of thioether (sulfide) groups is 1. The minimum atomic E-state index is -2.46. The first kappa shape index (κ1) is 20.3. The fourth-order valence-corrected chi connectivity index (χ4v) is 4.00. The van der Waals surface area contributed by atoms with Crippen molar-refractivity contribution in [2.24, 2.45) is 0 Å². The van der Waals surface area contributed by atoms with E-state index in [1.54, 1.807) is 42.5 Å². The van der Waals surface area contributed by atoms with Gasteiger partial charge in [-0.25, -0.2) is 0 Å². The van der Waals surface area contributed by atoms with Gasteiger partial charge in [-0.15, -0.1) is 10.2 Å². The number of anilines is 2. The molecule has 1 aromatic heterocycles. The number of aromatic nitrogens is 3. The predicted molar refractivity (Wildman–Crippen MR) is 112 cm³/mol. The fourth-order valence-electron chi connectivity index (χ4n) is 3.50. The van der Waals surface area contributed by atoms with Gasteiger partial charge in [-0.1, -0.05) is 23.9 Å². The average molecular weight is 429 g/mol. The van der Waals surface area contributed by atoms with Crippen LogP contribution in [0, 0.1) is 0 Å². The van der Waals surface area contributed by atoms with E-state index in [0.29, 0.717) is 33.6 Å². The second-order valence-electron chi connectivity index (χ2n) is 7.00. The van der Waals surface area contributed by atoms with Crippen molar-refractivity contribution in [1.29, 1.82) is 0 Å². The maximum atomic E-state index is 12.9. The largest absolute Gasteiger partial charge is 0.355 e. The molecule has 1 aliphatic heterocycles. The zero-order valence-electron chi connectivity index (χ0n) is 16.3. The number of para-hydroxylation sites is 1. The fraction of sp³-hybridized carbons (Fsp3) is 0.286. The van der Waals surface area contributed by atoms with Crippen LogP contribution in [0.2, 0.25) is 0 Å². The lowest BCUT2D eigenvalue weighted by atomic mass is 10.1. The Morgan fingerprint density at radius 2 is 1.90 bits per heavy atom. The van der Waals surface area contributed by atoms with Crippen molar-refractivity contribution in [3.8, 4) is 0 Å². The molecule has 0 spiro atoms. The van der Waals surface area contributed by atoms with Crippen LogP contribution in [0.15, 0.2) is 53.4 Å². The summed E-state index contributed by atoms with van der Waals surface area (Å²) < 4.78 is 27.0. The summed E-state index contributed by atoms with van der Waals surface area (Å²) >= 11 is 0.497. The van der Waals surface area contributed by atoms with E-state index in [4.69, 9.17) is 0 Å². The van der Waals surface area contributed by atoms with Gasteiger partial charge < -0.3 is 15.2 Å². The Kier molecular flexibility index (Phi) is 5.98. The number of benzene rings is 2. The molecule has 1 amide bonds. The van der Waals surface area contributed by atoms with Crippen LogP contribution in [0.5, 0.6) is 0 Å². The van der Waals surface area contributed by atoms with Crippen LogP contribution in [-0.2, 0) is 13.0 Å². The van der Waals surface area contributed by atoms with Crippen LogP contribution in [0.4, 0.5) is 20.2 Å². The van der Waals surface area contributed by atoms with Crippen LogP contribution in [0.3, 0.4) is 0 Å². The number of rotatable bonds is 7. The van der Waals surface area contributed by atoms with Gasteiger partial charge in [0.2, 0.25) is 0 Å². The summed E-state index contributed by atoms with van der Waals surface area (Å²) in [5, 5.41) is 14.6. The summed E-state index contributed by atoms with van der Waals surface area (Å²) in [7, 11) is 0. The SMILES string of the molecule is C[C@H](NC(=O)c1ccccc1Nc1ccc(SC(F)F)cc1)c1nnc2n1CCC2. The molecule has 1 aliphatic rings. The van der Waals surface area contributed by atoms with Crippen LogP contribution < -0.4 is 10.6 Å². The number of carbonyl (C=O) groups excluding carboxylic acids is 1. The van der Waals surface area contributed by atoms with Gasteiger partial charge in [0.1, 0.15) is 5.82 Å². The number of aryl methyl sites for hydroxylation is 1. The summed E-state index contributed by atoms with van der Waals surface area (Å²) in [5.74, 6) is -0.970. The van der Waals surface area contributed by atoms with Crippen molar-refractivity contribution in [2.75, 3.05) is 5.32 Å². The third kappa shape index (κ3) is 4.46. The highest BCUT2D eigenvalue weighted by molar-refractivity contribution is 7.99. The van der Waals surface area contributed by atoms with E-state index in [0.717, 1.165) is 31.0 Å². The predicted octanol–water partition coefficient (Wildman–Crippen LogP) is 4.77. The van der Waals surface area contributed by atoms with Gasteiger partial charge in [0.15, 0.2) is 5.82 Å². The van der Waals surface area contributed by atoms with Crippen molar-refractivity contribution in [2.45, 2.75) is 43.0 Å². The number of nitrogens with one attached hydrogen (secondary N) is 2. The Bertz CT molecular complexity index is 1040. The molecule has 9 heteroatoms. The molecule has 0 saturated carbocycles. The number of alkyl halides is 2. The van der Waals surface area contributed by atoms with E-state index < -0.39 is 5.76 Å². The molecule has 1 atom stereocenters. The topological polar surface area (TPSA) is 71.8 Å². The van der Waals surface area contributed by atoms with E-state index >= 15 is 0 Å². The normalized spacial score (nSPS) is 13.9. The van der Waals surface area contributed by atoms with Crippen molar-refractivity contribution in [1.82, 2.24) is 20.1 Å². The van der Waals surface area contributed by atoms with Gasteiger partial charge in [0, 0.05) is 23.5 Å². The molecule has 0 bridgehead atoms. The summed E-state index contributed by atoms with van der Waals surface area (Å²) in [4.78, 5) is 13.4. The minimum Gasteiger partial charge on any atom is -0.355 e. The summed E-state index contributed by atoms with van der Waals surface area (Å²) in [6, 6.07) is 13.5. The number of halogens is 2. The van der Waals surface area contributed by atoms with Gasteiger partial charge in [-0.3, -0.25) is 4.79 Å². The van der Waals surface area contributed by atoms with E-state index in [2.05, 4.69) is 25.4 Å². The third-order valence-corrected chi connectivity index (χ3v) is 5.63. The number of fused-ring (bicyclic) bond motifs is 1. The van der Waals surface area contributed by atoms with Crippen molar-refractivity contribution in [3.63, 3.8) is 0 Å². The highest BCUT2D eigenvalue weighted by Gasteiger charge is 2.23. The maximum absolute atomic E-state index is 12.9. The smallest absolute Gasteiger partial charge is 0.288 e. The lowest BCUT2D eigenvalue weighted by molar-refractivity contribution is 0.0938. The van der Waals surface area contributed by atoms with Gasteiger partial charge in [-0.2, -0.15) is 8.78 Å².